The van der Waals surface area contributed by atoms with Crippen molar-refractivity contribution in [3.05, 3.63) is 57.7 Å². The van der Waals surface area contributed by atoms with E-state index in [-0.39, 0.29) is 11.7 Å². The molecule has 1 amide bonds. The second-order valence-corrected chi connectivity index (χ2v) is 6.17. The standard InChI is InChI=1S/C16H13FN2OS/c17-10-3-4-13-11(8-10)12-9-19(6-5-14(12)18-13)16(20)15-2-1-7-21-15/h1-4,7-8,18H,5-6,9H2. The van der Waals surface area contributed by atoms with E-state index >= 15 is 0 Å². The van der Waals surface area contributed by atoms with Crippen molar-refractivity contribution in [1.29, 1.82) is 0 Å². The number of hydrogen-bond donors (Lipinski definition) is 1. The molecule has 5 heteroatoms. The molecule has 1 aliphatic heterocycles. The average Bonchev–Trinajstić information content (AvgIpc) is 3.13. The first-order valence-corrected chi connectivity index (χ1v) is 7.72. The highest BCUT2D eigenvalue weighted by Crippen LogP contribution is 2.29. The van der Waals surface area contributed by atoms with Crippen LogP contribution >= 0.6 is 11.3 Å². The largest absolute Gasteiger partial charge is 0.358 e. The number of thiophene rings is 1. The van der Waals surface area contributed by atoms with E-state index in [1.807, 2.05) is 22.4 Å². The first-order chi connectivity index (χ1) is 10.2. The highest BCUT2D eigenvalue weighted by atomic mass is 32.1. The second kappa shape index (κ2) is 4.70. The number of aromatic nitrogens is 1. The zero-order chi connectivity index (χ0) is 14.4. The minimum atomic E-state index is -0.244. The van der Waals surface area contributed by atoms with Gasteiger partial charge in [0.25, 0.3) is 5.91 Å². The summed E-state index contributed by atoms with van der Waals surface area (Å²) in [6.07, 6.45) is 0.781. The van der Waals surface area contributed by atoms with Gasteiger partial charge in [-0.1, -0.05) is 6.07 Å². The van der Waals surface area contributed by atoms with Crippen molar-refractivity contribution < 1.29 is 9.18 Å². The van der Waals surface area contributed by atoms with E-state index in [4.69, 9.17) is 0 Å². The van der Waals surface area contributed by atoms with Crippen LogP contribution < -0.4 is 0 Å². The molecule has 0 unspecified atom stereocenters. The van der Waals surface area contributed by atoms with E-state index in [0.29, 0.717) is 13.1 Å². The zero-order valence-electron chi connectivity index (χ0n) is 11.2. The first-order valence-electron chi connectivity index (χ1n) is 6.84. The molecule has 21 heavy (non-hydrogen) atoms. The third-order valence-corrected chi connectivity index (χ3v) is 4.81. The SMILES string of the molecule is O=C(c1cccs1)N1CCc2[nH]c3ccc(F)cc3c2C1. The number of aromatic amines is 1. The molecule has 0 saturated heterocycles. The summed E-state index contributed by atoms with van der Waals surface area (Å²) in [5.41, 5.74) is 3.10. The van der Waals surface area contributed by atoms with Gasteiger partial charge in [0.15, 0.2) is 0 Å². The van der Waals surface area contributed by atoms with Gasteiger partial charge in [0, 0.05) is 41.7 Å². The van der Waals surface area contributed by atoms with Crippen molar-refractivity contribution in [2.24, 2.45) is 0 Å². The van der Waals surface area contributed by atoms with E-state index in [2.05, 4.69) is 4.98 Å². The number of hydrogen-bond acceptors (Lipinski definition) is 2. The average molecular weight is 300 g/mol. The number of fused-ring (bicyclic) bond motifs is 3. The number of H-pyrrole nitrogens is 1. The van der Waals surface area contributed by atoms with Gasteiger partial charge in [0.1, 0.15) is 5.82 Å². The van der Waals surface area contributed by atoms with Crippen molar-refractivity contribution in [2.75, 3.05) is 6.54 Å². The molecule has 4 rings (SSSR count). The number of benzene rings is 1. The number of amides is 1. The fourth-order valence-electron chi connectivity index (χ4n) is 2.92. The lowest BCUT2D eigenvalue weighted by Gasteiger charge is -2.26. The Hall–Kier alpha value is -2.14. The number of carbonyl (C=O) groups is 1. The van der Waals surface area contributed by atoms with Crippen LogP contribution in [0.4, 0.5) is 4.39 Å². The number of nitrogens with one attached hydrogen (secondary N) is 1. The number of nitrogens with zero attached hydrogens (tertiary/aromatic N) is 1. The van der Waals surface area contributed by atoms with Crippen LogP contribution in [0.15, 0.2) is 35.7 Å². The summed E-state index contributed by atoms with van der Waals surface area (Å²) in [6.45, 7) is 1.23. The molecule has 3 aromatic rings. The van der Waals surface area contributed by atoms with E-state index in [1.54, 1.807) is 12.1 Å². The smallest absolute Gasteiger partial charge is 0.264 e. The summed E-state index contributed by atoms with van der Waals surface area (Å²) < 4.78 is 13.5. The summed E-state index contributed by atoms with van der Waals surface area (Å²) in [4.78, 5) is 18.4. The van der Waals surface area contributed by atoms with Crippen LogP contribution in [0, 0.1) is 5.82 Å². The van der Waals surface area contributed by atoms with Crippen molar-refractivity contribution in [1.82, 2.24) is 9.88 Å². The number of halogens is 1. The van der Waals surface area contributed by atoms with Gasteiger partial charge in [-0.3, -0.25) is 4.79 Å². The zero-order valence-corrected chi connectivity index (χ0v) is 12.0. The summed E-state index contributed by atoms with van der Waals surface area (Å²) in [5.74, 6) is -0.188. The normalized spacial score (nSPS) is 14.4. The monoisotopic (exact) mass is 300 g/mol. The number of carbonyl (C=O) groups excluding carboxylic acids is 1. The molecule has 1 aliphatic rings. The van der Waals surface area contributed by atoms with Crippen molar-refractivity contribution in [3.8, 4) is 0 Å². The highest BCUT2D eigenvalue weighted by Gasteiger charge is 2.25. The van der Waals surface area contributed by atoms with Gasteiger partial charge >= 0.3 is 0 Å². The third-order valence-electron chi connectivity index (χ3n) is 3.96. The van der Waals surface area contributed by atoms with Crippen molar-refractivity contribution in [2.45, 2.75) is 13.0 Å². The van der Waals surface area contributed by atoms with Crippen LogP contribution in [0.1, 0.15) is 20.9 Å². The van der Waals surface area contributed by atoms with Gasteiger partial charge in [-0.25, -0.2) is 4.39 Å². The molecule has 106 valence electrons. The van der Waals surface area contributed by atoms with E-state index < -0.39 is 0 Å². The quantitative estimate of drug-likeness (QED) is 0.733. The Morgan fingerprint density at radius 1 is 1.33 bits per heavy atom. The lowest BCUT2D eigenvalue weighted by molar-refractivity contribution is 0.0740. The minimum Gasteiger partial charge on any atom is -0.358 e. The van der Waals surface area contributed by atoms with Crippen molar-refractivity contribution >= 4 is 28.1 Å². The molecule has 0 fully saturated rings. The molecule has 1 N–H and O–H groups in total. The van der Waals surface area contributed by atoms with Gasteiger partial charge in [-0.15, -0.1) is 11.3 Å². The Labute approximate surface area is 125 Å². The minimum absolute atomic E-state index is 0.0569. The maximum atomic E-state index is 13.5. The van der Waals surface area contributed by atoms with E-state index in [9.17, 15) is 9.18 Å². The van der Waals surface area contributed by atoms with Crippen molar-refractivity contribution in [3.63, 3.8) is 0 Å². The van der Waals surface area contributed by atoms with Gasteiger partial charge in [0.2, 0.25) is 0 Å². The molecule has 3 heterocycles. The van der Waals surface area contributed by atoms with E-state index in [0.717, 1.165) is 33.5 Å². The molecule has 2 aromatic heterocycles. The summed E-state index contributed by atoms with van der Waals surface area (Å²) in [7, 11) is 0. The molecule has 0 spiro atoms. The Kier molecular flexibility index (Phi) is 2.82. The Morgan fingerprint density at radius 2 is 2.24 bits per heavy atom. The van der Waals surface area contributed by atoms with E-state index in [1.165, 1.54) is 17.4 Å². The van der Waals surface area contributed by atoms with Crippen LogP contribution in [-0.4, -0.2) is 22.3 Å². The predicted octanol–water partition coefficient (Wildman–Crippen LogP) is 3.57. The topological polar surface area (TPSA) is 36.1 Å². The Bertz CT molecular complexity index is 822. The molecular formula is C16H13FN2OS. The molecule has 1 aromatic carbocycles. The lowest BCUT2D eigenvalue weighted by atomic mass is 10.0. The molecule has 3 nitrogen and oxygen atoms in total. The molecule has 0 radical (unpaired) electrons. The van der Waals surface area contributed by atoms with Gasteiger partial charge in [-0.2, -0.15) is 0 Å². The molecule has 0 bridgehead atoms. The maximum absolute atomic E-state index is 13.5. The van der Waals surface area contributed by atoms with Gasteiger partial charge in [0.05, 0.1) is 4.88 Å². The van der Waals surface area contributed by atoms with Crippen LogP contribution in [0.5, 0.6) is 0 Å². The van der Waals surface area contributed by atoms with Crippen LogP contribution in [-0.2, 0) is 13.0 Å². The third kappa shape index (κ3) is 2.05. The van der Waals surface area contributed by atoms with Crippen LogP contribution in [0.3, 0.4) is 0 Å². The summed E-state index contributed by atoms with van der Waals surface area (Å²) in [5, 5.41) is 2.79. The first kappa shape index (κ1) is 12.6. The molecule has 0 aliphatic carbocycles. The van der Waals surface area contributed by atoms with Gasteiger partial charge < -0.3 is 9.88 Å². The Morgan fingerprint density at radius 3 is 3.05 bits per heavy atom. The molecular weight excluding hydrogens is 287 g/mol. The highest BCUT2D eigenvalue weighted by molar-refractivity contribution is 7.12. The van der Waals surface area contributed by atoms with Crippen LogP contribution in [0.2, 0.25) is 0 Å². The molecule has 0 saturated carbocycles. The molecule has 0 atom stereocenters. The number of rotatable bonds is 1. The predicted molar refractivity (Wildman–Crippen MR) is 81.0 cm³/mol. The Balaban J connectivity index is 1.72. The fourth-order valence-corrected chi connectivity index (χ4v) is 3.61. The second-order valence-electron chi connectivity index (χ2n) is 5.23. The summed E-state index contributed by atoms with van der Waals surface area (Å²) in [6, 6.07) is 8.49. The fraction of sp³-hybridized carbons (Fsp3) is 0.188. The maximum Gasteiger partial charge on any atom is 0.264 e. The van der Waals surface area contributed by atoms with Gasteiger partial charge in [-0.05, 0) is 29.6 Å². The van der Waals surface area contributed by atoms with Crippen LogP contribution in [0.25, 0.3) is 10.9 Å². The summed E-state index contributed by atoms with van der Waals surface area (Å²) >= 11 is 1.46. The lowest BCUT2D eigenvalue weighted by Crippen LogP contribution is -2.35.